The van der Waals surface area contributed by atoms with Gasteiger partial charge < -0.3 is 4.74 Å². The molecule has 0 saturated carbocycles. The van der Waals surface area contributed by atoms with Crippen molar-refractivity contribution in [2.75, 3.05) is 13.0 Å². The Bertz CT molecular complexity index is 336. The van der Waals surface area contributed by atoms with E-state index in [4.69, 9.17) is 16.3 Å². The molecule has 0 aliphatic rings. The summed E-state index contributed by atoms with van der Waals surface area (Å²) in [4.78, 5) is 0. The van der Waals surface area contributed by atoms with Crippen molar-refractivity contribution in [3.05, 3.63) is 27.3 Å². The second-order valence-electron chi connectivity index (χ2n) is 4.17. The number of halogens is 2. The van der Waals surface area contributed by atoms with Crippen molar-refractivity contribution >= 4 is 34.2 Å². The number of methoxy groups -OCH3 is 1. The molecule has 0 radical (unpaired) electrons. The summed E-state index contributed by atoms with van der Waals surface area (Å²) < 4.78 is 6.61. The molecule has 3 heteroatoms. The van der Waals surface area contributed by atoms with Gasteiger partial charge in [-0.1, -0.05) is 13.8 Å². The monoisotopic (exact) mass is 338 g/mol. The highest BCUT2D eigenvalue weighted by molar-refractivity contribution is 14.1. The molecule has 0 bridgehead atoms. The highest BCUT2D eigenvalue weighted by Crippen LogP contribution is 2.35. The third kappa shape index (κ3) is 3.25. The molecule has 0 aliphatic carbocycles. The summed E-state index contributed by atoms with van der Waals surface area (Å²) >= 11 is 8.15. The molecule has 1 aromatic rings. The highest BCUT2D eigenvalue weighted by Gasteiger charge is 2.23. The van der Waals surface area contributed by atoms with E-state index in [0.29, 0.717) is 5.88 Å². The van der Waals surface area contributed by atoms with Gasteiger partial charge in [-0.05, 0) is 52.6 Å². The first-order valence-corrected chi connectivity index (χ1v) is 6.52. The quantitative estimate of drug-likeness (QED) is 0.590. The molecule has 0 unspecified atom stereocenters. The van der Waals surface area contributed by atoms with Crippen molar-refractivity contribution in [1.82, 2.24) is 0 Å². The van der Waals surface area contributed by atoms with Crippen LogP contribution in [-0.2, 0) is 5.41 Å². The maximum absolute atomic E-state index is 5.83. The van der Waals surface area contributed by atoms with Crippen LogP contribution in [0.15, 0.2) is 18.2 Å². The number of ether oxygens (including phenoxy) is 1. The Morgan fingerprint density at radius 1 is 1.40 bits per heavy atom. The second-order valence-corrected chi connectivity index (χ2v) is 5.79. The van der Waals surface area contributed by atoms with Gasteiger partial charge in [0, 0.05) is 15.0 Å². The van der Waals surface area contributed by atoms with Gasteiger partial charge in [-0.15, -0.1) is 11.6 Å². The van der Waals surface area contributed by atoms with Gasteiger partial charge in [0.15, 0.2) is 0 Å². The second kappa shape index (κ2) is 5.39. The lowest BCUT2D eigenvalue weighted by Crippen LogP contribution is -2.19. The van der Waals surface area contributed by atoms with Crippen LogP contribution in [0.2, 0.25) is 0 Å². The summed E-state index contributed by atoms with van der Waals surface area (Å²) in [6.07, 6.45) is 0.949. The predicted octanol–water partition coefficient (Wildman–Crippen LogP) is 4.21. The van der Waals surface area contributed by atoms with E-state index < -0.39 is 0 Å². The molecular weight excluding hydrogens is 322 g/mol. The Balaban J connectivity index is 3.15. The zero-order chi connectivity index (χ0) is 11.5. The van der Waals surface area contributed by atoms with Crippen molar-refractivity contribution in [1.29, 1.82) is 0 Å². The van der Waals surface area contributed by atoms with Gasteiger partial charge in [-0.3, -0.25) is 0 Å². The van der Waals surface area contributed by atoms with Gasteiger partial charge in [0.2, 0.25) is 0 Å². The summed E-state index contributed by atoms with van der Waals surface area (Å²) in [5.41, 5.74) is 1.30. The Labute approximate surface area is 110 Å². The van der Waals surface area contributed by atoms with Crippen molar-refractivity contribution in [3.63, 3.8) is 0 Å². The van der Waals surface area contributed by atoms with E-state index in [1.54, 1.807) is 7.11 Å². The molecule has 0 heterocycles. The van der Waals surface area contributed by atoms with E-state index in [-0.39, 0.29) is 5.41 Å². The third-order valence-corrected chi connectivity index (χ3v) is 3.47. The fourth-order valence-corrected chi connectivity index (χ4v) is 2.54. The summed E-state index contributed by atoms with van der Waals surface area (Å²) in [6.45, 7) is 4.40. The predicted molar refractivity (Wildman–Crippen MR) is 74.1 cm³/mol. The van der Waals surface area contributed by atoms with Gasteiger partial charge in [0.1, 0.15) is 5.75 Å². The zero-order valence-electron chi connectivity index (χ0n) is 9.31. The number of hydrogen-bond donors (Lipinski definition) is 0. The van der Waals surface area contributed by atoms with E-state index >= 15 is 0 Å². The molecule has 0 fully saturated rings. The first kappa shape index (κ1) is 13.1. The van der Waals surface area contributed by atoms with E-state index in [9.17, 15) is 0 Å². The third-order valence-electron chi connectivity index (χ3n) is 2.61. The maximum atomic E-state index is 5.83. The molecule has 84 valence electrons. The van der Waals surface area contributed by atoms with Crippen LogP contribution in [-0.4, -0.2) is 13.0 Å². The molecular formula is C12H16ClIO. The van der Waals surface area contributed by atoms with Crippen LogP contribution in [0.1, 0.15) is 25.8 Å². The molecule has 0 amide bonds. The van der Waals surface area contributed by atoms with Gasteiger partial charge >= 0.3 is 0 Å². The standard InChI is InChI=1S/C12H16ClIO/c1-12(2,6-7-13)10-8-9(14)4-5-11(10)15-3/h4-5,8H,6-7H2,1-3H3. The number of rotatable bonds is 4. The van der Waals surface area contributed by atoms with Gasteiger partial charge in [-0.2, -0.15) is 0 Å². The van der Waals surface area contributed by atoms with Crippen molar-refractivity contribution in [2.45, 2.75) is 25.7 Å². The SMILES string of the molecule is COc1ccc(I)cc1C(C)(C)CCCl. The lowest BCUT2D eigenvalue weighted by atomic mass is 9.81. The molecule has 0 N–H and O–H groups in total. The molecule has 0 aliphatic heterocycles. The van der Waals surface area contributed by atoms with E-state index in [0.717, 1.165) is 12.2 Å². The van der Waals surface area contributed by atoms with Crippen molar-refractivity contribution in [3.8, 4) is 5.75 Å². The van der Waals surface area contributed by atoms with Gasteiger partial charge in [-0.25, -0.2) is 0 Å². The molecule has 15 heavy (non-hydrogen) atoms. The first-order chi connectivity index (χ1) is 7.01. The minimum atomic E-state index is 0.0638. The van der Waals surface area contributed by atoms with Gasteiger partial charge in [0.05, 0.1) is 7.11 Å². The van der Waals surface area contributed by atoms with Gasteiger partial charge in [0.25, 0.3) is 0 Å². The fourth-order valence-electron chi connectivity index (χ4n) is 1.58. The van der Waals surface area contributed by atoms with E-state index in [1.807, 2.05) is 6.07 Å². The molecule has 1 nitrogen and oxygen atoms in total. The van der Waals surface area contributed by atoms with Crippen LogP contribution in [0, 0.1) is 3.57 Å². The number of hydrogen-bond acceptors (Lipinski definition) is 1. The van der Waals surface area contributed by atoms with Crippen LogP contribution >= 0.6 is 34.2 Å². The Kier molecular flexibility index (Phi) is 4.71. The van der Waals surface area contributed by atoms with Crippen LogP contribution < -0.4 is 4.74 Å². The Hall–Kier alpha value is 0.0400. The lowest BCUT2D eigenvalue weighted by molar-refractivity contribution is 0.389. The Morgan fingerprint density at radius 3 is 2.60 bits per heavy atom. The average Bonchev–Trinajstić information content (AvgIpc) is 2.17. The zero-order valence-corrected chi connectivity index (χ0v) is 12.2. The van der Waals surface area contributed by atoms with Crippen molar-refractivity contribution < 1.29 is 4.74 Å². The maximum Gasteiger partial charge on any atom is 0.122 e. The molecule has 1 aromatic carbocycles. The molecule has 0 aromatic heterocycles. The molecule has 0 spiro atoms. The first-order valence-electron chi connectivity index (χ1n) is 4.91. The summed E-state index contributed by atoms with van der Waals surface area (Å²) in [6, 6.07) is 6.25. The average molecular weight is 339 g/mol. The van der Waals surface area contributed by atoms with Crippen LogP contribution in [0.4, 0.5) is 0 Å². The fraction of sp³-hybridized carbons (Fsp3) is 0.500. The largest absolute Gasteiger partial charge is 0.496 e. The smallest absolute Gasteiger partial charge is 0.122 e. The number of alkyl halides is 1. The lowest BCUT2D eigenvalue weighted by Gasteiger charge is -2.26. The normalized spacial score (nSPS) is 11.5. The van der Waals surface area contributed by atoms with Crippen LogP contribution in [0.25, 0.3) is 0 Å². The van der Waals surface area contributed by atoms with Crippen LogP contribution in [0.3, 0.4) is 0 Å². The minimum absolute atomic E-state index is 0.0638. The van der Waals surface area contributed by atoms with E-state index in [1.165, 1.54) is 9.13 Å². The molecule has 1 rings (SSSR count). The van der Waals surface area contributed by atoms with Crippen LogP contribution in [0.5, 0.6) is 5.75 Å². The van der Waals surface area contributed by atoms with Crippen molar-refractivity contribution in [2.24, 2.45) is 0 Å². The molecule has 0 atom stereocenters. The minimum Gasteiger partial charge on any atom is -0.496 e. The Morgan fingerprint density at radius 2 is 2.07 bits per heavy atom. The summed E-state index contributed by atoms with van der Waals surface area (Å²) in [7, 11) is 1.71. The van der Waals surface area contributed by atoms with E-state index in [2.05, 4.69) is 48.6 Å². The summed E-state index contributed by atoms with van der Waals surface area (Å²) in [5, 5.41) is 0. The highest BCUT2D eigenvalue weighted by atomic mass is 127. The topological polar surface area (TPSA) is 9.23 Å². The molecule has 0 saturated heterocycles. The summed E-state index contributed by atoms with van der Waals surface area (Å²) in [5.74, 6) is 1.62. The number of benzene rings is 1.